The van der Waals surface area contributed by atoms with Crippen molar-refractivity contribution in [1.82, 2.24) is 0 Å². The van der Waals surface area contributed by atoms with Gasteiger partial charge in [0.1, 0.15) is 5.94 Å². The summed E-state index contributed by atoms with van der Waals surface area (Å²) in [7, 11) is 0. The maximum Gasteiger partial charge on any atom is 0.125 e. The van der Waals surface area contributed by atoms with Gasteiger partial charge in [0.15, 0.2) is 0 Å². The zero-order valence-electron chi connectivity index (χ0n) is 5.17. The lowest BCUT2D eigenvalue weighted by molar-refractivity contribution is 0.570. The van der Waals surface area contributed by atoms with Crippen LogP contribution in [0.1, 0.15) is 5.56 Å². The fourth-order valence-corrected chi connectivity index (χ4v) is 1.05. The Morgan fingerprint density at radius 2 is 2.10 bits per heavy atom. The van der Waals surface area contributed by atoms with Crippen molar-refractivity contribution in [1.29, 1.82) is 0 Å². The van der Waals surface area contributed by atoms with Gasteiger partial charge in [0.25, 0.3) is 0 Å². The molecule has 0 fully saturated rings. The largest absolute Gasteiger partial charge is 0.233 e. The Hall–Kier alpha value is -0.850. The molecule has 0 aliphatic heterocycles. The highest BCUT2D eigenvalue weighted by Gasteiger charge is 1.90. The fourth-order valence-electron chi connectivity index (χ4n) is 0.656. The van der Waals surface area contributed by atoms with Gasteiger partial charge in [-0.2, -0.15) is 0 Å². The average molecular weight is 197 g/mol. The third kappa shape index (κ3) is 1.56. The topological polar surface area (TPSA) is 17.1 Å². The van der Waals surface area contributed by atoms with Crippen molar-refractivity contribution in [2.45, 2.75) is 0 Å². The van der Waals surface area contributed by atoms with Crippen molar-refractivity contribution < 1.29 is 4.79 Å². The fraction of sp³-hybridized carbons (Fsp3) is 0. The highest BCUT2D eigenvalue weighted by atomic mass is 79.9. The van der Waals surface area contributed by atoms with Crippen LogP contribution in [0.15, 0.2) is 28.7 Å². The van der Waals surface area contributed by atoms with E-state index in [4.69, 9.17) is 0 Å². The minimum atomic E-state index is 0.859. The van der Waals surface area contributed by atoms with E-state index in [2.05, 4.69) is 15.9 Å². The summed E-state index contributed by atoms with van der Waals surface area (Å²) in [6.45, 7) is 0. The molecule has 0 aliphatic carbocycles. The molecule has 0 N–H and O–H groups in total. The minimum Gasteiger partial charge on any atom is -0.233 e. The van der Waals surface area contributed by atoms with E-state index in [1.165, 1.54) is 6.08 Å². The van der Waals surface area contributed by atoms with Gasteiger partial charge < -0.3 is 0 Å². The second-order valence-electron chi connectivity index (χ2n) is 1.78. The van der Waals surface area contributed by atoms with Crippen LogP contribution in [0.5, 0.6) is 0 Å². The lowest BCUT2D eigenvalue weighted by Gasteiger charge is -1.92. The predicted octanol–water partition coefficient (Wildman–Crippen LogP) is 2.29. The first kappa shape index (κ1) is 7.26. The second kappa shape index (κ2) is 3.35. The van der Waals surface area contributed by atoms with Gasteiger partial charge in [-0.3, -0.25) is 0 Å². The zero-order chi connectivity index (χ0) is 7.40. The third-order valence-electron chi connectivity index (χ3n) is 1.12. The maximum atomic E-state index is 9.93. The van der Waals surface area contributed by atoms with Crippen molar-refractivity contribution in [3.63, 3.8) is 0 Å². The Morgan fingerprint density at radius 3 is 2.70 bits per heavy atom. The standard InChI is InChI=1S/C8H5BrO/c9-8-4-2-1-3-7(8)5-6-10/h1-5H. The highest BCUT2D eigenvalue weighted by molar-refractivity contribution is 9.10. The van der Waals surface area contributed by atoms with Crippen molar-refractivity contribution in [3.05, 3.63) is 34.3 Å². The monoisotopic (exact) mass is 196 g/mol. The van der Waals surface area contributed by atoms with Crippen LogP contribution in [-0.2, 0) is 4.79 Å². The van der Waals surface area contributed by atoms with Crippen molar-refractivity contribution in [2.75, 3.05) is 0 Å². The number of hydrogen-bond acceptors (Lipinski definition) is 1. The van der Waals surface area contributed by atoms with E-state index in [1.54, 1.807) is 5.94 Å². The normalized spacial score (nSPS) is 8.50. The van der Waals surface area contributed by atoms with E-state index in [0.29, 0.717) is 0 Å². The summed E-state index contributed by atoms with van der Waals surface area (Å²) in [6.07, 6.45) is 1.39. The van der Waals surface area contributed by atoms with Gasteiger partial charge in [-0.05, 0) is 11.6 Å². The molecule has 0 saturated carbocycles. The molecular weight excluding hydrogens is 192 g/mol. The Balaban J connectivity index is 3.14. The molecule has 0 spiro atoms. The lowest BCUT2D eigenvalue weighted by Crippen LogP contribution is -1.72. The molecule has 1 aromatic carbocycles. The molecule has 0 atom stereocenters. The Kier molecular flexibility index (Phi) is 2.43. The summed E-state index contributed by atoms with van der Waals surface area (Å²) in [6, 6.07) is 7.48. The van der Waals surface area contributed by atoms with Crippen LogP contribution in [0.2, 0.25) is 0 Å². The molecule has 1 rings (SSSR count). The zero-order valence-corrected chi connectivity index (χ0v) is 6.76. The van der Waals surface area contributed by atoms with Crippen molar-refractivity contribution in [2.24, 2.45) is 0 Å². The maximum absolute atomic E-state index is 9.93. The van der Waals surface area contributed by atoms with Gasteiger partial charge in [0.2, 0.25) is 0 Å². The van der Waals surface area contributed by atoms with E-state index in [9.17, 15) is 4.79 Å². The molecule has 0 radical (unpaired) electrons. The summed E-state index contributed by atoms with van der Waals surface area (Å²) in [5, 5.41) is 0. The third-order valence-corrected chi connectivity index (χ3v) is 1.84. The Labute approximate surface area is 67.5 Å². The molecule has 0 heterocycles. The van der Waals surface area contributed by atoms with E-state index in [0.717, 1.165) is 10.0 Å². The van der Waals surface area contributed by atoms with Crippen LogP contribution in [0, 0.1) is 0 Å². The first-order valence-corrected chi connectivity index (χ1v) is 3.59. The van der Waals surface area contributed by atoms with Gasteiger partial charge in [0, 0.05) is 10.5 Å². The lowest BCUT2D eigenvalue weighted by atomic mass is 10.2. The van der Waals surface area contributed by atoms with Crippen LogP contribution in [0.25, 0.3) is 6.08 Å². The molecule has 0 unspecified atom stereocenters. The first-order valence-electron chi connectivity index (χ1n) is 2.80. The van der Waals surface area contributed by atoms with Crippen LogP contribution in [0.4, 0.5) is 0 Å². The van der Waals surface area contributed by atoms with Gasteiger partial charge in [-0.1, -0.05) is 34.1 Å². The molecule has 1 aromatic rings. The number of rotatable bonds is 1. The van der Waals surface area contributed by atoms with Crippen molar-refractivity contribution in [3.8, 4) is 0 Å². The number of benzene rings is 1. The SMILES string of the molecule is O=C=Cc1ccccc1Br. The summed E-state index contributed by atoms with van der Waals surface area (Å²) in [5.41, 5.74) is 0.859. The second-order valence-corrected chi connectivity index (χ2v) is 2.64. The first-order chi connectivity index (χ1) is 4.84. The summed E-state index contributed by atoms with van der Waals surface area (Å²) in [4.78, 5) is 9.93. The molecule has 0 saturated heterocycles. The highest BCUT2D eigenvalue weighted by Crippen LogP contribution is 2.15. The van der Waals surface area contributed by atoms with Gasteiger partial charge >= 0.3 is 0 Å². The summed E-state index contributed by atoms with van der Waals surface area (Å²) < 4.78 is 0.915. The van der Waals surface area contributed by atoms with E-state index < -0.39 is 0 Å². The van der Waals surface area contributed by atoms with E-state index >= 15 is 0 Å². The number of hydrogen-bond donors (Lipinski definition) is 0. The molecule has 0 bridgehead atoms. The van der Waals surface area contributed by atoms with Crippen LogP contribution >= 0.6 is 15.9 Å². The number of carbonyl (C=O) groups excluding carboxylic acids is 1. The minimum absolute atomic E-state index is 0.859. The number of halogens is 1. The van der Waals surface area contributed by atoms with Crippen LogP contribution in [-0.4, -0.2) is 5.94 Å². The van der Waals surface area contributed by atoms with Crippen LogP contribution in [0.3, 0.4) is 0 Å². The quantitative estimate of drug-likeness (QED) is 0.631. The molecule has 2 heteroatoms. The molecule has 10 heavy (non-hydrogen) atoms. The van der Waals surface area contributed by atoms with Crippen molar-refractivity contribution >= 4 is 27.9 Å². The Morgan fingerprint density at radius 1 is 1.40 bits per heavy atom. The van der Waals surface area contributed by atoms with Crippen LogP contribution < -0.4 is 0 Å². The van der Waals surface area contributed by atoms with E-state index in [-0.39, 0.29) is 0 Å². The van der Waals surface area contributed by atoms with E-state index in [1.807, 2.05) is 24.3 Å². The molecule has 0 amide bonds. The smallest absolute Gasteiger partial charge is 0.125 e. The summed E-state index contributed by atoms with van der Waals surface area (Å²) >= 11 is 3.29. The predicted molar refractivity (Wildman–Crippen MR) is 44.3 cm³/mol. The molecular formula is C8H5BrO. The average Bonchev–Trinajstić information content (AvgIpc) is 1.94. The van der Waals surface area contributed by atoms with Gasteiger partial charge in [-0.15, -0.1) is 0 Å². The molecule has 0 aromatic heterocycles. The Bertz CT molecular complexity index is 274. The van der Waals surface area contributed by atoms with Gasteiger partial charge in [-0.25, -0.2) is 4.79 Å². The molecule has 0 aliphatic rings. The summed E-state index contributed by atoms with van der Waals surface area (Å²) in [5.74, 6) is 1.72. The van der Waals surface area contributed by atoms with Gasteiger partial charge in [0.05, 0.1) is 0 Å². The molecule has 1 nitrogen and oxygen atoms in total. The molecule has 50 valence electrons.